The highest BCUT2D eigenvalue weighted by molar-refractivity contribution is 5.81. The van der Waals surface area contributed by atoms with E-state index in [1.165, 1.54) is 0 Å². The molecule has 0 bridgehead atoms. The summed E-state index contributed by atoms with van der Waals surface area (Å²) in [5, 5.41) is 3.11. The van der Waals surface area contributed by atoms with Gasteiger partial charge in [0.15, 0.2) is 0 Å². The second-order valence-electron chi connectivity index (χ2n) is 5.00. The molecule has 0 atom stereocenters. The summed E-state index contributed by atoms with van der Waals surface area (Å²) >= 11 is 0. The summed E-state index contributed by atoms with van der Waals surface area (Å²) in [7, 11) is 0. The van der Waals surface area contributed by atoms with Crippen LogP contribution in [0.15, 0.2) is 61.7 Å². The van der Waals surface area contributed by atoms with Gasteiger partial charge in [-0.3, -0.25) is 4.79 Å². The second kappa shape index (κ2) is 9.45. The summed E-state index contributed by atoms with van der Waals surface area (Å²) in [6.07, 6.45) is 3.40. The minimum absolute atomic E-state index is 0.00643. The first kappa shape index (κ1) is 17.6. The van der Waals surface area contributed by atoms with Crippen LogP contribution in [0.25, 0.3) is 0 Å². The predicted octanol–water partition coefficient (Wildman–Crippen LogP) is 3.25. The Bertz CT molecular complexity index is 528. The maximum absolute atomic E-state index is 12.1. The van der Waals surface area contributed by atoms with Crippen LogP contribution in [0, 0.1) is 0 Å². The van der Waals surface area contributed by atoms with Crippen LogP contribution in [0.4, 0.5) is 5.69 Å². The van der Waals surface area contributed by atoms with Crippen molar-refractivity contribution in [2.24, 2.45) is 0 Å². The van der Waals surface area contributed by atoms with Crippen molar-refractivity contribution in [2.75, 3.05) is 31.6 Å². The summed E-state index contributed by atoms with van der Waals surface area (Å²) in [5.74, 6) is 0.738. The fraction of sp³-hybridized carbons (Fsp3) is 0.278. The van der Waals surface area contributed by atoms with Crippen LogP contribution < -0.4 is 10.1 Å². The van der Waals surface area contributed by atoms with E-state index < -0.39 is 0 Å². The summed E-state index contributed by atoms with van der Waals surface area (Å²) < 4.78 is 5.58. The highest BCUT2D eigenvalue weighted by Crippen LogP contribution is 2.17. The zero-order valence-electron chi connectivity index (χ0n) is 13.2. The SMILES string of the molecule is C=CCN(CC=C)C(=O)CNc1cccc(OCC(=C)C)c1. The number of amides is 1. The third-order valence-electron chi connectivity index (χ3n) is 2.81. The van der Waals surface area contributed by atoms with Gasteiger partial charge in [0, 0.05) is 24.8 Å². The Morgan fingerprint density at radius 2 is 2.00 bits per heavy atom. The molecule has 118 valence electrons. The molecule has 1 amide bonds. The standard InChI is InChI=1S/C18H24N2O2/c1-5-10-20(11-6-2)18(21)13-19-16-8-7-9-17(12-16)22-14-15(3)4/h5-9,12,19H,1-3,10-11,13-14H2,4H3. The van der Waals surface area contributed by atoms with Crippen LogP contribution in [-0.2, 0) is 4.79 Å². The maximum Gasteiger partial charge on any atom is 0.242 e. The molecular formula is C18H24N2O2. The highest BCUT2D eigenvalue weighted by Gasteiger charge is 2.10. The van der Waals surface area contributed by atoms with Gasteiger partial charge in [-0.15, -0.1) is 13.2 Å². The van der Waals surface area contributed by atoms with Crippen LogP contribution in [0.1, 0.15) is 6.92 Å². The zero-order valence-corrected chi connectivity index (χ0v) is 13.2. The minimum atomic E-state index is -0.00643. The Labute approximate surface area is 132 Å². The van der Waals surface area contributed by atoms with Gasteiger partial charge in [0.2, 0.25) is 5.91 Å². The molecule has 0 aromatic heterocycles. The number of rotatable bonds is 10. The van der Waals surface area contributed by atoms with Gasteiger partial charge < -0.3 is 15.0 Å². The fourth-order valence-electron chi connectivity index (χ4n) is 1.78. The quantitative estimate of drug-likeness (QED) is 0.674. The molecule has 22 heavy (non-hydrogen) atoms. The second-order valence-corrected chi connectivity index (χ2v) is 5.00. The van der Waals surface area contributed by atoms with Crippen molar-refractivity contribution in [2.45, 2.75) is 6.92 Å². The lowest BCUT2D eigenvalue weighted by Gasteiger charge is -2.19. The first-order chi connectivity index (χ1) is 10.6. The molecular weight excluding hydrogens is 276 g/mol. The minimum Gasteiger partial charge on any atom is -0.489 e. The summed E-state index contributed by atoms with van der Waals surface area (Å²) in [4.78, 5) is 13.8. The van der Waals surface area contributed by atoms with Gasteiger partial charge >= 0.3 is 0 Å². The van der Waals surface area contributed by atoms with Gasteiger partial charge in [-0.25, -0.2) is 0 Å². The van der Waals surface area contributed by atoms with E-state index >= 15 is 0 Å². The van der Waals surface area contributed by atoms with Gasteiger partial charge in [-0.1, -0.05) is 24.8 Å². The van der Waals surface area contributed by atoms with E-state index in [1.54, 1.807) is 17.1 Å². The zero-order chi connectivity index (χ0) is 16.4. The topological polar surface area (TPSA) is 41.6 Å². The molecule has 0 aliphatic heterocycles. The lowest BCUT2D eigenvalue weighted by atomic mass is 10.3. The van der Waals surface area contributed by atoms with E-state index in [4.69, 9.17) is 4.74 Å². The Balaban J connectivity index is 2.57. The van der Waals surface area contributed by atoms with Crippen LogP contribution in [0.3, 0.4) is 0 Å². The third kappa shape index (κ3) is 6.31. The number of anilines is 1. The molecule has 0 heterocycles. The van der Waals surface area contributed by atoms with Gasteiger partial charge in [-0.05, 0) is 24.6 Å². The number of hydrogen-bond donors (Lipinski definition) is 1. The average molecular weight is 300 g/mol. The number of nitrogens with one attached hydrogen (secondary N) is 1. The molecule has 0 aliphatic rings. The third-order valence-corrected chi connectivity index (χ3v) is 2.81. The van der Waals surface area contributed by atoms with E-state index in [-0.39, 0.29) is 12.5 Å². The van der Waals surface area contributed by atoms with E-state index in [2.05, 4.69) is 25.1 Å². The van der Waals surface area contributed by atoms with Crippen molar-refractivity contribution >= 4 is 11.6 Å². The van der Waals surface area contributed by atoms with Crippen LogP contribution in [0.2, 0.25) is 0 Å². The number of nitrogens with zero attached hydrogens (tertiary/aromatic N) is 1. The Kier molecular flexibility index (Phi) is 7.54. The number of benzene rings is 1. The largest absolute Gasteiger partial charge is 0.489 e. The summed E-state index contributed by atoms with van der Waals surface area (Å²) in [6.45, 7) is 14.7. The Hall–Kier alpha value is -2.49. The number of hydrogen-bond acceptors (Lipinski definition) is 3. The van der Waals surface area contributed by atoms with Gasteiger partial charge in [-0.2, -0.15) is 0 Å². The number of carbonyl (C=O) groups excluding carboxylic acids is 1. The molecule has 1 rings (SSSR count). The molecule has 0 saturated heterocycles. The van der Waals surface area contributed by atoms with E-state index in [1.807, 2.05) is 31.2 Å². The monoisotopic (exact) mass is 300 g/mol. The van der Waals surface area contributed by atoms with E-state index in [0.717, 1.165) is 17.0 Å². The number of ether oxygens (including phenoxy) is 1. The molecule has 4 nitrogen and oxygen atoms in total. The lowest BCUT2D eigenvalue weighted by Crippen LogP contribution is -2.35. The normalized spacial score (nSPS) is 9.68. The van der Waals surface area contributed by atoms with Crippen molar-refractivity contribution in [1.29, 1.82) is 0 Å². The Morgan fingerprint density at radius 3 is 2.59 bits per heavy atom. The van der Waals surface area contributed by atoms with E-state index in [9.17, 15) is 4.79 Å². The van der Waals surface area contributed by atoms with Crippen molar-refractivity contribution in [3.05, 3.63) is 61.7 Å². The molecule has 0 saturated carbocycles. The predicted molar refractivity (Wildman–Crippen MR) is 92.2 cm³/mol. The first-order valence-electron chi connectivity index (χ1n) is 7.17. The Morgan fingerprint density at radius 1 is 1.32 bits per heavy atom. The maximum atomic E-state index is 12.1. The van der Waals surface area contributed by atoms with Crippen LogP contribution in [-0.4, -0.2) is 37.0 Å². The molecule has 0 aliphatic carbocycles. The van der Waals surface area contributed by atoms with Crippen molar-refractivity contribution < 1.29 is 9.53 Å². The molecule has 4 heteroatoms. The summed E-state index contributed by atoms with van der Waals surface area (Å²) in [5.41, 5.74) is 1.79. The van der Waals surface area contributed by atoms with Crippen molar-refractivity contribution in [3.63, 3.8) is 0 Å². The van der Waals surface area contributed by atoms with Crippen molar-refractivity contribution in [1.82, 2.24) is 4.90 Å². The molecule has 1 aromatic carbocycles. The van der Waals surface area contributed by atoms with Crippen LogP contribution in [0.5, 0.6) is 5.75 Å². The molecule has 1 aromatic rings. The average Bonchev–Trinajstić information content (AvgIpc) is 2.51. The summed E-state index contributed by atoms with van der Waals surface area (Å²) in [6, 6.07) is 7.51. The molecule has 1 N–H and O–H groups in total. The highest BCUT2D eigenvalue weighted by atomic mass is 16.5. The van der Waals surface area contributed by atoms with Crippen molar-refractivity contribution in [3.8, 4) is 5.75 Å². The van der Waals surface area contributed by atoms with Gasteiger partial charge in [0.05, 0.1) is 6.54 Å². The molecule has 0 spiro atoms. The smallest absolute Gasteiger partial charge is 0.242 e. The van der Waals surface area contributed by atoms with E-state index in [0.29, 0.717) is 19.7 Å². The fourth-order valence-corrected chi connectivity index (χ4v) is 1.78. The van der Waals surface area contributed by atoms with Gasteiger partial charge in [0.25, 0.3) is 0 Å². The molecule has 0 unspecified atom stereocenters. The lowest BCUT2D eigenvalue weighted by molar-refractivity contribution is -0.128. The van der Waals surface area contributed by atoms with Gasteiger partial charge in [0.1, 0.15) is 12.4 Å². The van der Waals surface area contributed by atoms with Crippen LogP contribution >= 0.6 is 0 Å². The first-order valence-corrected chi connectivity index (χ1v) is 7.17. The molecule has 0 radical (unpaired) electrons. The number of carbonyl (C=O) groups is 1. The molecule has 0 fully saturated rings.